The fourth-order valence-corrected chi connectivity index (χ4v) is 12.7. The number of aliphatic hydroxyl groups excluding tert-OH is 2. The number of nitrogens with one attached hydrogen (secondary N) is 1. The van der Waals surface area contributed by atoms with Gasteiger partial charge in [0.25, 0.3) is 0 Å². The summed E-state index contributed by atoms with van der Waals surface area (Å²) < 4.78 is 5.52. The lowest BCUT2D eigenvalue weighted by Crippen LogP contribution is -2.45. The van der Waals surface area contributed by atoms with Gasteiger partial charge in [-0.05, 0) is 57.8 Å². The van der Waals surface area contributed by atoms with E-state index in [9.17, 15) is 19.8 Å². The summed E-state index contributed by atoms with van der Waals surface area (Å²) in [6.07, 6.45) is 97.3. The van der Waals surface area contributed by atoms with Crippen molar-refractivity contribution in [3.05, 3.63) is 24.3 Å². The Balaban J connectivity index is 3.35. The third kappa shape index (κ3) is 71.4. The minimum absolute atomic E-state index is 0.0238. The Morgan fingerprint density at radius 2 is 0.547 bits per heavy atom. The van der Waals surface area contributed by atoms with Crippen LogP contribution in [0.15, 0.2) is 24.3 Å². The van der Waals surface area contributed by atoms with E-state index in [4.69, 9.17) is 4.74 Å². The van der Waals surface area contributed by atoms with Gasteiger partial charge in [-0.2, -0.15) is 0 Å². The number of esters is 1. The van der Waals surface area contributed by atoms with Gasteiger partial charge in [0.2, 0.25) is 5.91 Å². The largest absolute Gasteiger partial charge is 0.466 e. The van der Waals surface area contributed by atoms with E-state index in [1.807, 2.05) is 6.08 Å². The summed E-state index contributed by atoms with van der Waals surface area (Å²) >= 11 is 0. The highest BCUT2D eigenvalue weighted by atomic mass is 16.5. The number of rotatable bonds is 75. The van der Waals surface area contributed by atoms with Crippen LogP contribution in [-0.2, 0) is 14.3 Å². The molecule has 0 aromatic carbocycles. The summed E-state index contributed by atoms with van der Waals surface area (Å²) in [5.41, 5.74) is 0. The highest BCUT2D eigenvalue weighted by molar-refractivity contribution is 5.76. The second-order valence-electron chi connectivity index (χ2n) is 27.4. The van der Waals surface area contributed by atoms with Crippen LogP contribution < -0.4 is 5.32 Å². The average Bonchev–Trinajstić information content (AvgIpc) is 3.54. The molecule has 86 heavy (non-hydrogen) atoms. The molecular formula is C80H155NO5. The standard InChI is InChI=1S/C80H155NO5/c1-3-5-7-9-11-13-15-17-19-21-37-42-46-50-54-58-62-66-70-74-80(85)86-75-71-67-63-59-55-51-47-43-39-36-34-32-30-28-26-24-23-25-27-29-31-33-35-38-41-45-49-53-57-61-65-69-73-79(84)81-77(76-82)78(83)72-68-64-60-56-52-48-44-40-22-20-18-16-14-12-10-8-6-4-2/h26,28,68,72,77-78,82-83H,3-25,27,29-67,69-71,73-76H2,1-2H3,(H,81,84)/b28-26-,72-68+. The summed E-state index contributed by atoms with van der Waals surface area (Å²) in [6.45, 7) is 4.96. The number of hydrogen-bond acceptors (Lipinski definition) is 5. The molecule has 1 amide bonds. The van der Waals surface area contributed by atoms with E-state index in [0.717, 1.165) is 38.5 Å². The Morgan fingerprint density at radius 3 is 0.826 bits per heavy atom. The smallest absolute Gasteiger partial charge is 0.305 e. The molecule has 0 heterocycles. The molecule has 0 rings (SSSR count). The number of carbonyl (C=O) groups excluding carboxylic acids is 2. The molecule has 0 spiro atoms. The first-order valence-corrected chi connectivity index (χ1v) is 39.6. The number of aliphatic hydroxyl groups is 2. The van der Waals surface area contributed by atoms with Gasteiger partial charge in [-0.15, -0.1) is 0 Å². The lowest BCUT2D eigenvalue weighted by atomic mass is 10.0. The Kier molecular flexibility index (Phi) is 74.3. The van der Waals surface area contributed by atoms with E-state index in [2.05, 4.69) is 31.3 Å². The summed E-state index contributed by atoms with van der Waals surface area (Å²) in [6, 6.07) is -0.626. The van der Waals surface area contributed by atoms with Crippen molar-refractivity contribution in [2.45, 2.75) is 463 Å². The first kappa shape index (κ1) is 84.3. The highest BCUT2D eigenvalue weighted by Gasteiger charge is 2.18. The van der Waals surface area contributed by atoms with Crippen LogP contribution in [0.2, 0.25) is 0 Å². The predicted molar refractivity (Wildman–Crippen MR) is 380 cm³/mol. The molecule has 510 valence electrons. The van der Waals surface area contributed by atoms with Crippen LogP contribution in [-0.4, -0.2) is 47.4 Å². The highest BCUT2D eigenvalue weighted by Crippen LogP contribution is 2.20. The molecule has 6 nitrogen and oxygen atoms in total. The molecule has 3 N–H and O–H groups in total. The quantitative estimate of drug-likeness (QED) is 0.0320. The number of ether oxygens (including phenoxy) is 1. The maximum atomic E-state index is 12.5. The lowest BCUT2D eigenvalue weighted by molar-refractivity contribution is -0.143. The SMILES string of the molecule is CCCCCCCCCCCCCCCCCC/C=C/C(O)C(CO)NC(=O)CCCCCCCCCCCCCCCCCC/C=C\CCCCCCCCCCCCCCOC(=O)CCCCCCCCCCCCCCCCCCCCC. The van der Waals surface area contributed by atoms with Gasteiger partial charge in [0, 0.05) is 12.8 Å². The first-order chi connectivity index (χ1) is 42.5. The van der Waals surface area contributed by atoms with E-state index in [-0.39, 0.29) is 18.5 Å². The third-order valence-corrected chi connectivity index (χ3v) is 18.7. The maximum Gasteiger partial charge on any atom is 0.305 e. The van der Waals surface area contributed by atoms with Crippen LogP contribution in [0.5, 0.6) is 0 Å². The maximum absolute atomic E-state index is 12.5. The zero-order valence-corrected chi connectivity index (χ0v) is 58.6. The van der Waals surface area contributed by atoms with Crippen LogP contribution in [0.4, 0.5) is 0 Å². The molecule has 0 aromatic rings. The Morgan fingerprint density at radius 1 is 0.314 bits per heavy atom. The molecule has 0 bridgehead atoms. The average molecular weight is 1210 g/mol. The second kappa shape index (κ2) is 75.8. The molecule has 2 unspecified atom stereocenters. The third-order valence-electron chi connectivity index (χ3n) is 18.7. The summed E-state index contributed by atoms with van der Waals surface area (Å²) in [5, 5.41) is 23.2. The summed E-state index contributed by atoms with van der Waals surface area (Å²) in [7, 11) is 0. The van der Waals surface area contributed by atoms with Gasteiger partial charge in [0.05, 0.1) is 25.4 Å². The van der Waals surface area contributed by atoms with E-state index < -0.39 is 12.1 Å². The van der Waals surface area contributed by atoms with Crippen molar-refractivity contribution < 1.29 is 24.5 Å². The number of unbranched alkanes of at least 4 members (excludes halogenated alkanes) is 62. The zero-order valence-electron chi connectivity index (χ0n) is 58.6. The normalized spacial score (nSPS) is 12.6. The molecule has 0 saturated carbocycles. The van der Waals surface area contributed by atoms with Crippen molar-refractivity contribution in [1.29, 1.82) is 0 Å². The molecule has 2 atom stereocenters. The minimum Gasteiger partial charge on any atom is -0.466 e. The molecule has 0 aromatic heterocycles. The van der Waals surface area contributed by atoms with Gasteiger partial charge in [0.1, 0.15) is 0 Å². The van der Waals surface area contributed by atoms with Crippen LogP contribution in [0, 0.1) is 0 Å². The van der Waals surface area contributed by atoms with Crippen molar-refractivity contribution in [2.24, 2.45) is 0 Å². The molecule has 0 saturated heterocycles. The van der Waals surface area contributed by atoms with Gasteiger partial charge in [-0.1, -0.05) is 404 Å². The van der Waals surface area contributed by atoms with Gasteiger partial charge in [-0.3, -0.25) is 9.59 Å². The van der Waals surface area contributed by atoms with E-state index in [0.29, 0.717) is 19.4 Å². The van der Waals surface area contributed by atoms with Crippen LogP contribution in [0.3, 0.4) is 0 Å². The molecular weight excluding hydrogens is 1050 g/mol. The summed E-state index contributed by atoms with van der Waals surface area (Å²) in [5.74, 6) is -0.0375. The van der Waals surface area contributed by atoms with Gasteiger partial charge in [0.15, 0.2) is 0 Å². The first-order valence-electron chi connectivity index (χ1n) is 39.6. The number of amides is 1. The van der Waals surface area contributed by atoms with Gasteiger partial charge >= 0.3 is 5.97 Å². The van der Waals surface area contributed by atoms with E-state index >= 15 is 0 Å². The predicted octanol–water partition coefficient (Wildman–Crippen LogP) is 26.0. The Labute approximate surface area is 539 Å². The van der Waals surface area contributed by atoms with Crippen molar-refractivity contribution in [3.63, 3.8) is 0 Å². The topological polar surface area (TPSA) is 95.9 Å². The molecule has 0 aliphatic heterocycles. The molecule has 0 aliphatic carbocycles. The summed E-state index contributed by atoms with van der Waals surface area (Å²) in [4.78, 5) is 24.7. The van der Waals surface area contributed by atoms with E-state index in [1.165, 1.54) is 385 Å². The monoisotopic (exact) mass is 1210 g/mol. The second-order valence-corrected chi connectivity index (χ2v) is 27.4. The Bertz CT molecular complexity index is 1350. The molecule has 6 heteroatoms. The molecule has 0 aliphatic rings. The minimum atomic E-state index is -0.843. The zero-order chi connectivity index (χ0) is 62.0. The molecule has 0 fully saturated rings. The fourth-order valence-electron chi connectivity index (χ4n) is 12.7. The van der Waals surface area contributed by atoms with Crippen molar-refractivity contribution in [3.8, 4) is 0 Å². The van der Waals surface area contributed by atoms with Crippen molar-refractivity contribution in [2.75, 3.05) is 13.2 Å². The van der Waals surface area contributed by atoms with Crippen molar-refractivity contribution in [1.82, 2.24) is 5.32 Å². The molecule has 0 radical (unpaired) electrons. The lowest BCUT2D eigenvalue weighted by Gasteiger charge is -2.20. The van der Waals surface area contributed by atoms with Gasteiger partial charge in [-0.25, -0.2) is 0 Å². The number of carbonyl (C=O) groups is 2. The number of hydrogen-bond donors (Lipinski definition) is 3. The van der Waals surface area contributed by atoms with Crippen LogP contribution in [0.1, 0.15) is 450 Å². The van der Waals surface area contributed by atoms with E-state index in [1.54, 1.807) is 6.08 Å². The van der Waals surface area contributed by atoms with Gasteiger partial charge < -0.3 is 20.3 Å². The Hall–Kier alpha value is -1.66. The van der Waals surface area contributed by atoms with Crippen LogP contribution >= 0.6 is 0 Å². The fraction of sp³-hybridized carbons (Fsp3) is 0.925. The van der Waals surface area contributed by atoms with Crippen molar-refractivity contribution >= 4 is 11.9 Å². The van der Waals surface area contributed by atoms with Crippen LogP contribution in [0.25, 0.3) is 0 Å². The number of allylic oxidation sites excluding steroid dienone is 3.